The van der Waals surface area contributed by atoms with Gasteiger partial charge in [0.05, 0.1) is 0 Å². The van der Waals surface area contributed by atoms with Gasteiger partial charge in [-0.05, 0) is 41.6 Å². The molecule has 2 heterocycles. The van der Waals surface area contributed by atoms with Crippen LogP contribution >= 0.6 is 24.0 Å². The lowest BCUT2D eigenvalue weighted by atomic mass is 10.2. The van der Waals surface area contributed by atoms with E-state index in [1.807, 2.05) is 7.05 Å². The topological polar surface area (TPSA) is 44.6 Å². The van der Waals surface area contributed by atoms with Gasteiger partial charge in [-0.15, -0.1) is 24.0 Å². The molecule has 0 radical (unpaired) electrons. The van der Waals surface area contributed by atoms with Gasteiger partial charge >= 0.3 is 0 Å². The highest BCUT2D eigenvalue weighted by Crippen LogP contribution is 2.17. The van der Waals surface area contributed by atoms with Crippen LogP contribution in [0.3, 0.4) is 0 Å². The van der Waals surface area contributed by atoms with Crippen molar-refractivity contribution in [2.75, 3.05) is 31.6 Å². The van der Waals surface area contributed by atoms with E-state index in [-0.39, 0.29) is 24.0 Å². The lowest BCUT2D eigenvalue weighted by molar-refractivity contribution is 0.640. The number of guanidine groups is 1. The summed E-state index contributed by atoms with van der Waals surface area (Å²) in [5, 5.41) is 8.12. The average molecular weight is 515 g/mol. The largest absolute Gasteiger partial charge is 0.364 e. The molecule has 0 amide bonds. The van der Waals surface area contributed by atoms with E-state index < -0.39 is 0 Å². The Labute approximate surface area is 195 Å². The number of para-hydroxylation sites is 1. The maximum Gasteiger partial charge on any atom is 0.191 e. The Morgan fingerprint density at radius 3 is 2.50 bits per heavy atom. The van der Waals surface area contributed by atoms with E-state index in [0.29, 0.717) is 0 Å². The number of hydrogen-bond acceptors (Lipinski definition) is 2. The van der Waals surface area contributed by atoms with Crippen molar-refractivity contribution in [2.45, 2.75) is 19.5 Å². The monoisotopic (exact) mass is 515 g/mol. The molecule has 0 saturated carbocycles. The van der Waals surface area contributed by atoms with E-state index in [1.54, 1.807) is 0 Å². The Morgan fingerprint density at radius 1 is 0.967 bits per heavy atom. The zero-order chi connectivity index (χ0) is 19.9. The Hall–Kier alpha value is -2.48. The predicted octanol–water partition coefficient (Wildman–Crippen LogP) is 4.39. The molecule has 158 valence electrons. The number of aryl methyl sites for hydroxylation is 1. The minimum Gasteiger partial charge on any atom is -0.364 e. The summed E-state index contributed by atoms with van der Waals surface area (Å²) in [6.45, 7) is 4.65. The smallest absolute Gasteiger partial charge is 0.191 e. The molecule has 0 bridgehead atoms. The molecule has 2 N–H and O–H groups in total. The molecule has 1 aliphatic heterocycles. The number of aromatic nitrogens is 1. The van der Waals surface area contributed by atoms with Gasteiger partial charge in [0.15, 0.2) is 5.96 Å². The molecule has 2 aromatic carbocycles. The van der Waals surface area contributed by atoms with E-state index in [1.165, 1.54) is 22.2 Å². The predicted molar refractivity (Wildman–Crippen MR) is 138 cm³/mol. The molecule has 0 aliphatic carbocycles. The zero-order valence-electron chi connectivity index (χ0n) is 17.4. The van der Waals surface area contributed by atoms with Crippen molar-refractivity contribution in [3.8, 4) is 0 Å². The molecule has 0 fully saturated rings. The standard InChI is InChI=1S/C24H29N5.HI/c1-25-24(26-14-6-17-29-18-13-21-7-2-3-8-23(21)29)27-19-20-9-11-22(12-10-20)28-15-4-5-16-28;/h2-5,7-13,18H,6,14-17,19H2,1H3,(H2,25,26,27);1H. The normalized spacial score (nSPS) is 13.5. The third-order valence-electron chi connectivity index (χ3n) is 5.35. The number of benzene rings is 2. The quantitative estimate of drug-likeness (QED) is 0.161. The van der Waals surface area contributed by atoms with Gasteiger partial charge in [0.2, 0.25) is 0 Å². The van der Waals surface area contributed by atoms with Crippen LogP contribution in [0, 0.1) is 0 Å². The third-order valence-corrected chi connectivity index (χ3v) is 5.35. The molecule has 0 spiro atoms. The Bertz CT molecular complexity index is 982. The number of halogens is 1. The van der Waals surface area contributed by atoms with Crippen LogP contribution in [0.25, 0.3) is 10.9 Å². The van der Waals surface area contributed by atoms with Crippen LogP contribution < -0.4 is 15.5 Å². The van der Waals surface area contributed by atoms with Gasteiger partial charge in [-0.2, -0.15) is 0 Å². The number of nitrogens with zero attached hydrogens (tertiary/aromatic N) is 3. The van der Waals surface area contributed by atoms with Crippen LogP contribution in [-0.4, -0.2) is 37.2 Å². The SMILES string of the molecule is CN=C(NCCCn1ccc2ccccc21)NCc1ccc(N2CC=CC2)cc1.I. The number of fused-ring (bicyclic) bond motifs is 1. The maximum absolute atomic E-state index is 4.34. The summed E-state index contributed by atoms with van der Waals surface area (Å²) in [6.07, 6.45) is 7.63. The second kappa shape index (κ2) is 11.1. The van der Waals surface area contributed by atoms with Gasteiger partial charge in [0.25, 0.3) is 0 Å². The Morgan fingerprint density at radius 2 is 1.73 bits per heavy atom. The fourth-order valence-electron chi connectivity index (χ4n) is 3.71. The van der Waals surface area contributed by atoms with Crippen molar-refractivity contribution in [3.05, 3.63) is 78.5 Å². The minimum absolute atomic E-state index is 0. The fourth-order valence-corrected chi connectivity index (χ4v) is 3.71. The number of aliphatic imine (C=N–C) groups is 1. The Kier molecular flexibility index (Phi) is 8.19. The van der Waals surface area contributed by atoms with Crippen molar-refractivity contribution in [1.29, 1.82) is 0 Å². The van der Waals surface area contributed by atoms with Crippen molar-refractivity contribution >= 4 is 46.5 Å². The first-order valence-electron chi connectivity index (χ1n) is 10.3. The average Bonchev–Trinajstić information content (AvgIpc) is 3.44. The van der Waals surface area contributed by atoms with Crippen LogP contribution in [0.4, 0.5) is 5.69 Å². The number of nitrogens with one attached hydrogen (secondary N) is 2. The molecule has 4 rings (SSSR count). The molecule has 3 aromatic rings. The van der Waals surface area contributed by atoms with Gasteiger partial charge in [0, 0.05) is 57.2 Å². The molecule has 1 aromatic heterocycles. The van der Waals surface area contributed by atoms with Gasteiger partial charge in [-0.1, -0.05) is 42.5 Å². The van der Waals surface area contributed by atoms with Crippen molar-refractivity contribution < 1.29 is 0 Å². The van der Waals surface area contributed by atoms with Gasteiger partial charge in [-0.3, -0.25) is 4.99 Å². The fraction of sp³-hybridized carbons (Fsp3) is 0.292. The highest BCUT2D eigenvalue weighted by molar-refractivity contribution is 14.0. The van der Waals surface area contributed by atoms with Crippen LogP contribution in [0.2, 0.25) is 0 Å². The summed E-state index contributed by atoms with van der Waals surface area (Å²) in [6, 6.07) is 19.5. The zero-order valence-corrected chi connectivity index (χ0v) is 19.8. The minimum atomic E-state index is 0. The van der Waals surface area contributed by atoms with Gasteiger partial charge < -0.3 is 20.1 Å². The number of anilines is 1. The molecule has 5 nitrogen and oxygen atoms in total. The van der Waals surface area contributed by atoms with E-state index >= 15 is 0 Å². The van der Waals surface area contributed by atoms with Crippen molar-refractivity contribution in [2.24, 2.45) is 4.99 Å². The molecular formula is C24H30IN5. The summed E-state index contributed by atoms with van der Waals surface area (Å²) in [4.78, 5) is 6.69. The van der Waals surface area contributed by atoms with Crippen LogP contribution in [0.1, 0.15) is 12.0 Å². The van der Waals surface area contributed by atoms with E-state index in [9.17, 15) is 0 Å². The van der Waals surface area contributed by atoms with Gasteiger partial charge in [-0.25, -0.2) is 0 Å². The highest BCUT2D eigenvalue weighted by Gasteiger charge is 2.07. The molecule has 0 unspecified atom stereocenters. The first kappa shape index (κ1) is 22.2. The first-order valence-corrected chi connectivity index (χ1v) is 10.3. The second-order valence-corrected chi connectivity index (χ2v) is 7.32. The van der Waals surface area contributed by atoms with Crippen LogP contribution in [0.15, 0.2) is 77.9 Å². The molecule has 30 heavy (non-hydrogen) atoms. The van der Waals surface area contributed by atoms with Crippen LogP contribution in [-0.2, 0) is 13.1 Å². The van der Waals surface area contributed by atoms with E-state index in [2.05, 4.69) is 98.0 Å². The highest BCUT2D eigenvalue weighted by atomic mass is 127. The lowest BCUT2D eigenvalue weighted by Gasteiger charge is -2.18. The molecule has 6 heteroatoms. The lowest BCUT2D eigenvalue weighted by Crippen LogP contribution is -2.37. The summed E-state index contributed by atoms with van der Waals surface area (Å²) in [7, 11) is 1.82. The second-order valence-electron chi connectivity index (χ2n) is 7.32. The molecule has 0 saturated heterocycles. The third kappa shape index (κ3) is 5.56. The molecule has 1 aliphatic rings. The summed E-state index contributed by atoms with van der Waals surface area (Å²) < 4.78 is 2.31. The van der Waals surface area contributed by atoms with Crippen molar-refractivity contribution in [3.63, 3.8) is 0 Å². The number of rotatable bonds is 7. The van der Waals surface area contributed by atoms with E-state index in [0.717, 1.165) is 45.1 Å². The maximum atomic E-state index is 4.34. The first-order chi connectivity index (χ1) is 14.3. The summed E-state index contributed by atoms with van der Waals surface area (Å²) in [5.74, 6) is 0.843. The molecular weight excluding hydrogens is 485 g/mol. The van der Waals surface area contributed by atoms with Gasteiger partial charge in [0.1, 0.15) is 0 Å². The summed E-state index contributed by atoms with van der Waals surface area (Å²) in [5.41, 5.74) is 3.82. The molecule has 0 atom stereocenters. The Balaban J connectivity index is 0.00000256. The van der Waals surface area contributed by atoms with Crippen LogP contribution in [0.5, 0.6) is 0 Å². The van der Waals surface area contributed by atoms with E-state index in [4.69, 9.17) is 0 Å². The van der Waals surface area contributed by atoms with Crippen molar-refractivity contribution in [1.82, 2.24) is 15.2 Å². The number of hydrogen-bond donors (Lipinski definition) is 2. The summed E-state index contributed by atoms with van der Waals surface area (Å²) >= 11 is 0.